The third kappa shape index (κ3) is 2.55. The minimum Gasteiger partial charge on any atom is -0.263 e. The number of aryl methyl sites for hydroxylation is 1. The molecule has 0 aliphatic rings. The first-order chi connectivity index (χ1) is 7.70. The molecule has 0 amide bonds. The molecule has 0 bridgehead atoms. The summed E-state index contributed by atoms with van der Waals surface area (Å²) in [4.78, 5) is 4.41. The Balaban J connectivity index is 2.31. The monoisotopic (exact) mass is 347 g/mol. The molecule has 0 saturated carbocycles. The van der Waals surface area contributed by atoms with Crippen molar-refractivity contribution < 1.29 is 0 Å². The van der Waals surface area contributed by atoms with Gasteiger partial charge in [0.15, 0.2) is 5.82 Å². The van der Waals surface area contributed by atoms with Crippen LogP contribution in [0.4, 0.5) is 0 Å². The summed E-state index contributed by atoms with van der Waals surface area (Å²) in [5.41, 5.74) is 0.948. The zero-order valence-corrected chi connectivity index (χ0v) is 11.7. The summed E-state index contributed by atoms with van der Waals surface area (Å²) in [5, 5.41) is 7.85. The Morgan fingerprint density at radius 3 is 2.94 bits per heavy atom. The molecule has 2 aromatic rings. The van der Waals surface area contributed by atoms with E-state index in [1.807, 2.05) is 18.2 Å². The van der Waals surface area contributed by atoms with Crippen LogP contribution >= 0.6 is 34.2 Å². The lowest BCUT2D eigenvalue weighted by molar-refractivity contribution is 0.841. The number of aromatic amines is 1. The maximum absolute atomic E-state index is 6.06. The van der Waals surface area contributed by atoms with Gasteiger partial charge in [-0.2, -0.15) is 5.10 Å². The van der Waals surface area contributed by atoms with E-state index in [9.17, 15) is 0 Å². The first-order valence-electron chi connectivity index (χ1n) is 5.07. The molecule has 5 heteroatoms. The number of H-pyrrole nitrogens is 1. The van der Waals surface area contributed by atoms with Crippen LogP contribution in [0.25, 0.3) is 11.4 Å². The predicted octanol–water partition coefficient (Wildman–Crippen LogP) is 3.68. The van der Waals surface area contributed by atoms with Crippen LogP contribution in [0.3, 0.4) is 0 Å². The first kappa shape index (κ1) is 11.9. The van der Waals surface area contributed by atoms with Crippen molar-refractivity contribution in [2.75, 3.05) is 0 Å². The van der Waals surface area contributed by atoms with Crippen LogP contribution in [0.1, 0.15) is 19.2 Å². The van der Waals surface area contributed by atoms with E-state index in [1.165, 1.54) is 0 Å². The van der Waals surface area contributed by atoms with Crippen molar-refractivity contribution in [2.45, 2.75) is 19.8 Å². The Hall–Kier alpha value is -0.620. The van der Waals surface area contributed by atoms with E-state index in [1.54, 1.807) is 0 Å². The number of nitrogens with one attached hydrogen (secondary N) is 1. The highest BCUT2D eigenvalue weighted by Gasteiger charge is 2.07. The second-order valence-electron chi connectivity index (χ2n) is 3.48. The fourth-order valence-corrected chi connectivity index (χ4v) is 1.92. The van der Waals surface area contributed by atoms with E-state index in [0.29, 0.717) is 5.82 Å². The molecule has 3 nitrogen and oxygen atoms in total. The molecule has 0 spiro atoms. The van der Waals surface area contributed by atoms with Gasteiger partial charge in [0, 0.05) is 15.6 Å². The molecule has 0 atom stereocenters. The topological polar surface area (TPSA) is 41.6 Å². The molecule has 0 unspecified atom stereocenters. The van der Waals surface area contributed by atoms with Gasteiger partial charge in [0.05, 0.1) is 5.02 Å². The molecule has 2 rings (SSSR count). The Morgan fingerprint density at radius 1 is 1.44 bits per heavy atom. The van der Waals surface area contributed by atoms with Gasteiger partial charge in [-0.05, 0) is 47.2 Å². The van der Waals surface area contributed by atoms with E-state index in [0.717, 1.165) is 32.8 Å². The minimum atomic E-state index is 0.710. The molecule has 0 fully saturated rings. The third-order valence-corrected chi connectivity index (χ3v) is 3.77. The summed E-state index contributed by atoms with van der Waals surface area (Å²) in [6, 6.07) is 5.84. The highest BCUT2D eigenvalue weighted by atomic mass is 127. The molecular weight excluding hydrogens is 336 g/mol. The predicted molar refractivity (Wildman–Crippen MR) is 73.5 cm³/mol. The number of aromatic nitrogens is 3. The largest absolute Gasteiger partial charge is 0.263 e. The SMILES string of the molecule is CCCc1nc(-c2ccc(I)c(Cl)c2)n[nH]1. The number of rotatable bonds is 3. The standard InChI is InChI=1S/C11H11ClIN3/c1-2-3-10-14-11(16-15-10)7-4-5-9(13)8(12)6-7/h4-6H,2-3H2,1H3,(H,14,15,16). The molecular formula is C11H11ClIN3. The van der Waals surface area contributed by atoms with E-state index in [-0.39, 0.29) is 0 Å². The summed E-state index contributed by atoms with van der Waals surface area (Å²) in [6.07, 6.45) is 1.98. The van der Waals surface area contributed by atoms with Gasteiger partial charge in [0.2, 0.25) is 0 Å². The van der Waals surface area contributed by atoms with Crippen LogP contribution in [-0.4, -0.2) is 15.2 Å². The zero-order valence-electron chi connectivity index (χ0n) is 8.80. The van der Waals surface area contributed by atoms with Gasteiger partial charge in [0.25, 0.3) is 0 Å². The number of halogens is 2. The average Bonchev–Trinajstić information content (AvgIpc) is 2.71. The summed E-state index contributed by atoms with van der Waals surface area (Å²) >= 11 is 8.26. The number of hydrogen-bond donors (Lipinski definition) is 1. The Morgan fingerprint density at radius 2 is 2.25 bits per heavy atom. The van der Waals surface area contributed by atoms with Gasteiger partial charge in [0.1, 0.15) is 5.82 Å². The van der Waals surface area contributed by atoms with Gasteiger partial charge < -0.3 is 0 Å². The van der Waals surface area contributed by atoms with Crippen molar-refractivity contribution in [3.8, 4) is 11.4 Å². The van der Waals surface area contributed by atoms with E-state index in [2.05, 4.69) is 44.7 Å². The van der Waals surface area contributed by atoms with Gasteiger partial charge >= 0.3 is 0 Å². The lowest BCUT2D eigenvalue weighted by atomic mass is 10.2. The van der Waals surface area contributed by atoms with Crippen molar-refractivity contribution >= 4 is 34.2 Å². The number of nitrogens with zero attached hydrogens (tertiary/aromatic N) is 2. The quantitative estimate of drug-likeness (QED) is 0.861. The maximum atomic E-state index is 6.06. The number of benzene rings is 1. The second-order valence-corrected chi connectivity index (χ2v) is 5.05. The molecule has 0 radical (unpaired) electrons. The molecule has 1 aromatic heterocycles. The van der Waals surface area contributed by atoms with Crippen molar-refractivity contribution in [3.05, 3.63) is 32.6 Å². The fraction of sp³-hybridized carbons (Fsp3) is 0.273. The zero-order chi connectivity index (χ0) is 11.5. The van der Waals surface area contributed by atoms with E-state index in [4.69, 9.17) is 11.6 Å². The number of hydrogen-bond acceptors (Lipinski definition) is 2. The average molecular weight is 348 g/mol. The van der Waals surface area contributed by atoms with Crippen molar-refractivity contribution in [1.29, 1.82) is 0 Å². The smallest absolute Gasteiger partial charge is 0.181 e. The normalized spacial score (nSPS) is 10.7. The van der Waals surface area contributed by atoms with Gasteiger partial charge in [-0.25, -0.2) is 4.98 Å². The third-order valence-electron chi connectivity index (χ3n) is 2.20. The lowest BCUT2D eigenvalue weighted by Crippen LogP contribution is -1.85. The van der Waals surface area contributed by atoms with Crippen molar-refractivity contribution in [3.63, 3.8) is 0 Å². The van der Waals surface area contributed by atoms with Crippen LogP contribution in [0.15, 0.2) is 18.2 Å². The molecule has 0 saturated heterocycles. The molecule has 1 N–H and O–H groups in total. The molecule has 84 valence electrons. The van der Waals surface area contributed by atoms with E-state index < -0.39 is 0 Å². The van der Waals surface area contributed by atoms with Crippen LogP contribution in [0.5, 0.6) is 0 Å². The maximum Gasteiger partial charge on any atom is 0.181 e. The minimum absolute atomic E-state index is 0.710. The molecule has 0 aliphatic carbocycles. The highest BCUT2D eigenvalue weighted by molar-refractivity contribution is 14.1. The molecule has 1 aromatic carbocycles. The Kier molecular flexibility index (Phi) is 3.81. The molecule has 16 heavy (non-hydrogen) atoms. The first-order valence-corrected chi connectivity index (χ1v) is 6.53. The summed E-state index contributed by atoms with van der Waals surface area (Å²) < 4.78 is 1.03. The van der Waals surface area contributed by atoms with Gasteiger partial charge in [-0.3, -0.25) is 5.10 Å². The van der Waals surface area contributed by atoms with Crippen LogP contribution in [0, 0.1) is 3.57 Å². The van der Waals surface area contributed by atoms with Crippen molar-refractivity contribution in [1.82, 2.24) is 15.2 Å². The summed E-state index contributed by atoms with van der Waals surface area (Å²) in [6.45, 7) is 2.12. The van der Waals surface area contributed by atoms with Crippen molar-refractivity contribution in [2.24, 2.45) is 0 Å². The van der Waals surface area contributed by atoms with Gasteiger partial charge in [-0.15, -0.1) is 0 Å². The van der Waals surface area contributed by atoms with Crippen LogP contribution in [-0.2, 0) is 6.42 Å². The van der Waals surface area contributed by atoms with Crippen LogP contribution in [0.2, 0.25) is 5.02 Å². The Labute approximate surface area is 113 Å². The second kappa shape index (κ2) is 5.14. The molecule has 0 aliphatic heterocycles. The van der Waals surface area contributed by atoms with Crippen LogP contribution < -0.4 is 0 Å². The fourth-order valence-electron chi connectivity index (χ4n) is 1.41. The van der Waals surface area contributed by atoms with Gasteiger partial charge in [-0.1, -0.05) is 18.5 Å². The molecule has 1 heterocycles. The Bertz CT molecular complexity index is 496. The highest BCUT2D eigenvalue weighted by Crippen LogP contribution is 2.24. The summed E-state index contributed by atoms with van der Waals surface area (Å²) in [7, 11) is 0. The van der Waals surface area contributed by atoms with E-state index >= 15 is 0 Å². The lowest BCUT2D eigenvalue weighted by Gasteiger charge is -1.98. The summed E-state index contributed by atoms with van der Waals surface area (Å²) in [5.74, 6) is 1.63.